The van der Waals surface area contributed by atoms with Crippen molar-refractivity contribution in [1.82, 2.24) is 14.8 Å². The maximum absolute atomic E-state index is 13.3. The van der Waals surface area contributed by atoms with E-state index in [-0.39, 0.29) is 29.5 Å². The molecule has 0 saturated carbocycles. The highest BCUT2D eigenvalue weighted by Gasteiger charge is 2.36. The molecule has 0 aliphatic rings. The molecule has 2 rings (SSSR count). The summed E-state index contributed by atoms with van der Waals surface area (Å²) in [6.07, 6.45) is 3.28. The van der Waals surface area contributed by atoms with Crippen molar-refractivity contribution in [3.05, 3.63) is 54.4 Å². The number of nitrogens with zero attached hydrogens (tertiary/aromatic N) is 2. The quantitative estimate of drug-likeness (QED) is 0.465. The van der Waals surface area contributed by atoms with Gasteiger partial charge in [0.1, 0.15) is 11.8 Å². The fraction of sp³-hybridized carbons (Fsp3) is 0.333. The van der Waals surface area contributed by atoms with E-state index in [0.717, 1.165) is 4.31 Å². The summed E-state index contributed by atoms with van der Waals surface area (Å²) < 4.78 is 27.6. The third-order valence-corrected chi connectivity index (χ3v) is 5.86. The molecule has 0 aliphatic heterocycles. The number of benzene rings is 1. The van der Waals surface area contributed by atoms with Crippen molar-refractivity contribution in [1.29, 1.82) is 0 Å². The average Bonchev–Trinajstić information content (AvgIpc) is 2.64. The number of hydrogen-bond donors (Lipinski definition) is 3. The van der Waals surface area contributed by atoms with Gasteiger partial charge >= 0.3 is 0 Å². The summed E-state index contributed by atoms with van der Waals surface area (Å²) in [5, 5.41) is 18.6. The first kappa shape index (κ1) is 20.8. The second-order valence-corrected chi connectivity index (χ2v) is 8.41. The van der Waals surface area contributed by atoms with Gasteiger partial charge in [0.05, 0.1) is 4.90 Å². The van der Waals surface area contributed by atoms with E-state index in [1.807, 2.05) is 13.8 Å². The van der Waals surface area contributed by atoms with Crippen LogP contribution in [0.2, 0.25) is 0 Å². The number of amides is 1. The molecule has 1 heterocycles. The average molecular weight is 393 g/mol. The number of rotatable bonds is 8. The van der Waals surface area contributed by atoms with E-state index in [2.05, 4.69) is 4.98 Å². The number of phenols is 1. The number of aromatic nitrogens is 1. The van der Waals surface area contributed by atoms with Gasteiger partial charge in [-0.25, -0.2) is 13.9 Å². The van der Waals surface area contributed by atoms with Gasteiger partial charge < -0.3 is 5.11 Å². The summed E-state index contributed by atoms with van der Waals surface area (Å²) in [5.74, 6) is -0.871. The van der Waals surface area contributed by atoms with Gasteiger partial charge in [-0.2, -0.15) is 4.31 Å². The zero-order valence-corrected chi connectivity index (χ0v) is 15.9. The Bertz CT molecular complexity index is 854. The van der Waals surface area contributed by atoms with Crippen molar-refractivity contribution in [2.24, 2.45) is 5.92 Å². The molecule has 1 amide bonds. The van der Waals surface area contributed by atoms with Crippen molar-refractivity contribution >= 4 is 15.9 Å². The van der Waals surface area contributed by atoms with Crippen LogP contribution in [-0.4, -0.2) is 40.0 Å². The molecule has 1 aromatic heterocycles. The Labute approximate surface area is 158 Å². The van der Waals surface area contributed by atoms with Gasteiger partial charge in [0, 0.05) is 18.9 Å². The lowest BCUT2D eigenvalue weighted by molar-refractivity contribution is -0.133. The van der Waals surface area contributed by atoms with Gasteiger partial charge in [0.15, 0.2) is 0 Å². The second kappa shape index (κ2) is 8.94. The molecular formula is C18H23N3O5S. The third kappa shape index (κ3) is 5.25. The molecule has 9 heteroatoms. The van der Waals surface area contributed by atoms with Crippen LogP contribution < -0.4 is 5.48 Å². The molecule has 1 atom stereocenters. The maximum atomic E-state index is 13.3. The van der Waals surface area contributed by atoms with Gasteiger partial charge in [-0.15, -0.1) is 0 Å². The fourth-order valence-corrected chi connectivity index (χ4v) is 4.25. The van der Waals surface area contributed by atoms with E-state index < -0.39 is 22.0 Å². The van der Waals surface area contributed by atoms with Gasteiger partial charge in [-0.3, -0.25) is 15.0 Å². The summed E-state index contributed by atoms with van der Waals surface area (Å²) in [4.78, 5) is 16.1. The predicted molar refractivity (Wildman–Crippen MR) is 98.2 cm³/mol. The second-order valence-electron chi connectivity index (χ2n) is 6.52. The van der Waals surface area contributed by atoms with Gasteiger partial charge in [0.25, 0.3) is 5.91 Å². The highest BCUT2D eigenvalue weighted by atomic mass is 32.2. The smallest absolute Gasteiger partial charge is 0.261 e. The molecule has 0 radical (unpaired) electrons. The molecule has 0 spiro atoms. The van der Waals surface area contributed by atoms with E-state index in [9.17, 15) is 18.3 Å². The van der Waals surface area contributed by atoms with Crippen LogP contribution in [0.15, 0.2) is 53.7 Å². The molecule has 1 aromatic carbocycles. The van der Waals surface area contributed by atoms with Crippen LogP contribution in [0.1, 0.15) is 25.8 Å². The maximum Gasteiger partial charge on any atom is 0.261 e. The number of sulfonamides is 1. The molecule has 0 bridgehead atoms. The number of carbonyl (C=O) groups excluding carboxylic acids is 1. The van der Waals surface area contributed by atoms with Crippen molar-refractivity contribution in [3.63, 3.8) is 0 Å². The first-order chi connectivity index (χ1) is 12.8. The zero-order chi connectivity index (χ0) is 20.0. The number of hydrogen-bond acceptors (Lipinski definition) is 6. The van der Waals surface area contributed by atoms with E-state index in [1.54, 1.807) is 17.6 Å². The largest absolute Gasteiger partial charge is 0.508 e. The lowest BCUT2D eigenvalue weighted by Gasteiger charge is -2.30. The van der Waals surface area contributed by atoms with E-state index >= 15 is 0 Å². The Morgan fingerprint density at radius 1 is 1.15 bits per heavy atom. The minimum Gasteiger partial charge on any atom is -0.508 e. The van der Waals surface area contributed by atoms with Gasteiger partial charge in [-0.1, -0.05) is 13.8 Å². The lowest BCUT2D eigenvalue weighted by atomic mass is 10.0. The van der Waals surface area contributed by atoms with Crippen molar-refractivity contribution in [2.45, 2.75) is 37.8 Å². The molecule has 0 unspecified atom stereocenters. The summed E-state index contributed by atoms with van der Waals surface area (Å²) >= 11 is 0. The summed E-state index contributed by atoms with van der Waals surface area (Å²) in [6, 6.07) is 7.27. The Hall–Kier alpha value is -2.49. The zero-order valence-electron chi connectivity index (χ0n) is 15.1. The predicted octanol–water partition coefficient (Wildman–Crippen LogP) is 1.90. The van der Waals surface area contributed by atoms with E-state index in [4.69, 9.17) is 5.21 Å². The summed E-state index contributed by atoms with van der Waals surface area (Å²) in [5.41, 5.74) is 2.22. The molecule has 8 nitrogen and oxygen atoms in total. The minimum absolute atomic E-state index is 0.00209. The number of pyridine rings is 1. The highest BCUT2D eigenvalue weighted by Crippen LogP contribution is 2.25. The van der Waals surface area contributed by atoms with Crippen LogP contribution in [0.3, 0.4) is 0 Å². The Kier molecular flexibility index (Phi) is 6.89. The lowest BCUT2D eigenvalue weighted by Crippen LogP contribution is -2.49. The monoisotopic (exact) mass is 393 g/mol. The number of phenolic OH excluding ortho intramolecular Hbond substituents is 1. The molecule has 0 aliphatic carbocycles. The topological polar surface area (TPSA) is 120 Å². The number of nitrogens with one attached hydrogen (secondary N) is 1. The number of carbonyl (C=O) groups is 1. The van der Waals surface area contributed by atoms with Crippen molar-refractivity contribution in [3.8, 4) is 5.75 Å². The van der Waals surface area contributed by atoms with E-state index in [0.29, 0.717) is 5.56 Å². The molecule has 0 fully saturated rings. The normalized spacial score (nSPS) is 12.9. The minimum atomic E-state index is -4.09. The molecule has 0 saturated heterocycles. The van der Waals surface area contributed by atoms with Crippen LogP contribution in [0.5, 0.6) is 5.75 Å². The van der Waals surface area contributed by atoms with Crippen LogP contribution >= 0.6 is 0 Å². The first-order valence-corrected chi connectivity index (χ1v) is 9.83. The Morgan fingerprint density at radius 3 is 2.26 bits per heavy atom. The molecule has 27 heavy (non-hydrogen) atoms. The van der Waals surface area contributed by atoms with E-state index in [1.165, 1.54) is 36.7 Å². The van der Waals surface area contributed by atoms with Crippen molar-refractivity contribution < 1.29 is 23.5 Å². The highest BCUT2D eigenvalue weighted by molar-refractivity contribution is 7.89. The Balaban J connectivity index is 2.53. The standard InChI is InChI=1S/C18H23N3O5S/c1-13(2)11-17(18(23)20-24)21(12-14-7-9-19-10-8-14)27(25,26)16-5-3-15(22)4-6-16/h3-10,13,17,22,24H,11-12H2,1-2H3,(H,20,23)/t17-/m1/s1. The fourth-order valence-electron chi connectivity index (χ4n) is 2.66. The molecular weight excluding hydrogens is 370 g/mol. The van der Waals surface area contributed by atoms with Crippen LogP contribution in [0.4, 0.5) is 0 Å². The number of aromatic hydroxyl groups is 1. The molecule has 146 valence electrons. The first-order valence-electron chi connectivity index (χ1n) is 8.39. The third-order valence-electron chi connectivity index (χ3n) is 3.99. The molecule has 3 N–H and O–H groups in total. The van der Waals surface area contributed by atoms with Crippen molar-refractivity contribution in [2.75, 3.05) is 0 Å². The van der Waals surface area contributed by atoms with Gasteiger partial charge in [-0.05, 0) is 54.3 Å². The van der Waals surface area contributed by atoms with Crippen LogP contribution in [0.25, 0.3) is 0 Å². The summed E-state index contributed by atoms with van der Waals surface area (Å²) in [7, 11) is -4.09. The summed E-state index contributed by atoms with van der Waals surface area (Å²) in [6.45, 7) is 3.64. The SMILES string of the molecule is CC(C)C[C@H](C(=O)NO)N(Cc1ccncc1)S(=O)(=O)c1ccc(O)cc1. The Morgan fingerprint density at radius 2 is 1.74 bits per heavy atom. The van der Waals surface area contributed by atoms with Crippen LogP contribution in [-0.2, 0) is 21.4 Å². The van der Waals surface area contributed by atoms with Gasteiger partial charge in [0.2, 0.25) is 10.0 Å². The number of hydroxylamine groups is 1. The molecule has 2 aromatic rings. The van der Waals surface area contributed by atoms with Crippen LogP contribution in [0, 0.1) is 5.92 Å².